The first-order valence-corrected chi connectivity index (χ1v) is 9.04. The first-order chi connectivity index (χ1) is 11.2. The van der Waals surface area contributed by atoms with Crippen LogP contribution >= 0.6 is 22.9 Å². The normalized spacial score (nSPS) is 18.2. The number of halogens is 1. The van der Waals surface area contributed by atoms with Crippen LogP contribution in [-0.2, 0) is 11.2 Å². The molecule has 6 heteroatoms. The van der Waals surface area contributed by atoms with Crippen molar-refractivity contribution in [2.75, 3.05) is 19.7 Å². The number of aryl methyl sites for hydroxylation is 1. The van der Waals surface area contributed by atoms with Gasteiger partial charge in [0.05, 0.1) is 18.2 Å². The number of nitrogens with zero attached hydrogens (tertiary/aromatic N) is 2. The molecule has 1 aliphatic rings. The number of amides is 1. The highest BCUT2D eigenvalue weighted by atomic mass is 35.5. The van der Waals surface area contributed by atoms with Crippen LogP contribution in [0.1, 0.15) is 40.5 Å². The van der Waals surface area contributed by atoms with Gasteiger partial charge in [-0.3, -0.25) is 4.79 Å². The molecule has 2 heterocycles. The molecule has 1 amide bonds. The minimum Gasteiger partial charge on any atom is -0.370 e. The summed E-state index contributed by atoms with van der Waals surface area (Å²) in [6.07, 6.45) is 1.85. The Balaban J connectivity index is 1.69. The van der Waals surface area contributed by atoms with E-state index in [1.165, 1.54) is 0 Å². The number of thiazole rings is 1. The van der Waals surface area contributed by atoms with Crippen molar-refractivity contribution in [3.8, 4) is 0 Å². The van der Waals surface area contributed by atoms with Crippen LogP contribution < -0.4 is 0 Å². The fraction of sp³-hybridized carbons (Fsp3) is 0.412. The van der Waals surface area contributed by atoms with Crippen molar-refractivity contribution in [2.24, 2.45) is 0 Å². The Hall–Kier alpha value is -1.43. The van der Waals surface area contributed by atoms with Crippen LogP contribution in [0.5, 0.6) is 0 Å². The lowest BCUT2D eigenvalue weighted by Gasteiger charge is -2.32. The van der Waals surface area contributed by atoms with E-state index in [4.69, 9.17) is 16.3 Å². The summed E-state index contributed by atoms with van der Waals surface area (Å²) in [5.74, 6) is -0.00846. The second kappa shape index (κ2) is 7.43. The molecule has 122 valence electrons. The predicted molar refractivity (Wildman–Crippen MR) is 92.2 cm³/mol. The van der Waals surface area contributed by atoms with Gasteiger partial charge in [-0.05, 0) is 30.5 Å². The number of carbonyl (C=O) groups excluding carboxylic acids is 1. The van der Waals surface area contributed by atoms with Crippen molar-refractivity contribution in [2.45, 2.75) is 25.9 Å². The summed E-state index contributed by atoms with van der Waals surface area (Å²) < 4.78 is 5.81. The molecule has 1 saturated heterocycles. The molecule has 1 atom stereocenters. The van der Waals surface area contributed by atoms with Crippen LogP contribution in [0, 0.1) is 0 Å². The molecule has 3 rings (SSSR count). The molecular weight excluding hydrogens is 332 g/mol. The largest absolute Gasteiger partial charge is 0.370 e. The van der Waals surface area contributed by atoms with Gasteiger partial charge in [0.1, 0.15) is 11.8 Å². The lowest BCUT2D eigenvalue weighted by Crippen LogP contribution is -2.42. The van der Waals surface area contributed by atoms with E-state index < -0.39 is 0 Å². The van der Waals surface area contributed by atoms with Crippen LogP contribution in [0.25, 0.3) is 0 Å². The van der Waals surface area contributed by atoms with E-state index in [-0.39, 0.29) is 12.0 Å². The van der Waals surface area contributed by atoms with Crippen LogP contribution in [0.3, 0.4) is 0 Å². The van der Waals surface area contributed by atoms with Crippen LogP contribution in [-0.4, -0.2) is 35.5 Å². The highest BCUT2D eigenvalue weighted by Gasteiger charge is 2.27. The predicted octanol–water partition coefficient (Wildman–Crippen LogP) is 3.96. The number of hydrogen-bond acceptors (Lipinski definition) is 4. The van der Waals surface area contributed by atoms with Gasteiger partial charge in [-0.2, -0.15) is 0 Å². The summed E-state index contributed by atoms with van der Waals surface area (Å²) in [6, 6.07) is 7.59. The van der Waals surface area contributed by atoms with Gasteiger partial charge in [0, 0.05) is 16.9 Å². The SMILES string of the molecule is CCCc1nc(C(=O)N2CCOC(c3ccc(Cl)cc3)C2)cs1. The first kappa shape index (κ1) is 16.4. The zero-order valence-corrected chi connectivity index (χ0v) is 14.6. The van der Waals surface area contributed by atoms with Gasteiger partial charge in [-0.15, -0.1) is 11.3 Å². The van der Waals surface area contributed by atoms with Crippen LogP contribution in [0.2, 0.25) is 5.02 Å². The molecule has 0 N–H and O–H groups in total. The minimum atomic E-state index is -0.112. The second-order valence-corrected chi connectivity index (χ2v) is 6.92. The van der Waals surface area contributed by atoms with Gasteiger partial charge in [-0.25, -0.2) is 4.98 Å². The van der Waals surface area contributed by atoms with Crippen LogP contribution in [0.15, 0.2) is 29.6 Å². The highest BCUT2D eigenvalue weighted by Crippen LogP contribution is 2.25. The van der Waals surface area contributed by atoms with E-state index in [9.17, 15) is 4.79 Å². The highest BCUT2D eigenvalue weighted by molar-refractivity contribution is 7.09. The Labute approximate surface area is 145 Å². The molecule has 2 aromatic rings. The third-order valence-electron chi connectivity index (χ3n) is 3.83. The Morgan fingerprint density at radius 1 is 1.43 bits per heavy atom. The van der Waals surface area contributed by atoms with E-state index in [1.54, 1.807) is 11.3 Å². The Kier molecular flexibility index (Phi) is 5.30. The van der Waals surface area contributed by atoms with Crippen molar-refractivity contribution in [3.63, 3.8) is 0 Å². The molecule has 1 aromatic carbocycles. The summed E-state index contributed by atoms with van der Waals surface area (Å²) in [6.45, 7) is 3.79. The van der Waals surface area contributed by atoms with Gasteiger partial charge in [0.2, 0.25) is 0 Å². The molecule has 0 spiro atoms. The molecular formula is C17H19ClN2O2S. The third-order valence-corrected chi connectivity index (χ3v) is 4.99. The monoisotopic (exact) mass is 350 g/mol. The maximum absolute atomic E-state index is 12.6. The van der Waals surface area contributed by atoms with E-state index in [2.05, 4.69) is 11.9 Å². The van der Waals surface area contributed by atoms with Gasteiger partial charge in [-0.1, -0.05) is 30.7 Å². The fourth-order valence-electron chi connectivity index (χ4n) is 2.61. The summed E-state index contributed by atoms with van der Waals surface area (Å²) in [4.78, 5) is 18.9. The average molecular weight is 351 g/mol. The Bertz CT molecular complexity index is 671. The number of aromatic nitrogens is 1. The molecule has 1 aromatic heterocycles. The molecule has 4 nitrogen and oxygen atoms in total. The minimum absolute atomic E-state index is 0.00846. The molecule has 23 heavy (non-hydrogen) atoms. The number of hydrogen-bond donors (Lipinski definition) is 0. The Morgan fingerprint density at radius 2 is 2.22 bits per heavy atom. The van der Waals surface area contributed by atoms with Crippen molar-refractivity contribution in [1.82, 2.24) is 9.88 Å². The zero-order valence-electron chi connectivity index (χ0n) is 13.0. The summed E-state index contributed by atoms with van der Waals surface area (Å²) in [5.41, 5.74) is 1.59. The molecule has 1 aliphatic heterocycles. The number of rotatable bonds is 4. The van der Waals surface area contributed by atoms with Crippen molar-refractivity contribution in [1.29, 1.82) is 0 Å². The van der Waals surface area contributed by atoms with Crippen molar-refractivity contribution in [3.05, 3.63) is 50.9 Å². The maximum atomic E-state index is 12.6. The first-order valence-electron chi connectivity index (χ1n) is 7.78. The average Bonchev–Trinajstić information content (AvgIpc) is 3.04. The standard InChI is InChI=1S/C17H19ClN2O2S/c1-2-3-16-19-14(11-23-16)17(21)20-8-9-22-15(10-20)12-4-6-13(18)7-5-12/h4-7,11,15H,2-3,8-10H2,1H3. The lowest BCUT2D eigenvalue weighted by atomic mass is 10.1. The topological polar surface area (TPSA) is 42.4 Å². The third kappa shape index (κ3) is 3.91. The number of morpholine rings is 1. The lowest BCUT2D eigenvalue weighted by molar-refractivity contribution is -0.0229. The molecule has 0 aliphatic carbocycles. The van der Waals surface area contributed by atoms with E-state index in [0.717, 1.165) is 23.4 Å². The van der Waals surface area contributed by atoms with Crippen LogP contribution in [0.4, 0.5) is 0 Å². The van der Waals surface area contributed by atoms with Crippen molar-refractivity contribution < 1.29 is 9.53 Å². The molecule has 0 bridgehead atoms. The van der Waals surface area contributed by atoms with Gasteiger partial charge in [0.15, 0.2) is 0 Å². The number of benzene rings is 1. The molecule has 0 saturated carbocycles. The number of carbonyl (C=O) groups is 1. The van der Waals surface area contributed by atoms with E-state index in [0.29, 0.717) is 30.4 Å². The number of ether oxygens (including phenoxy) is 1. The van der Waals surface area contributed by atoms with Crippen molar-refractivity contribution >= 4 is 28.8 Å². The second-order valence-electron chi connectivity index (χ2n) is 5.54. The van der Waals surface area contributed by atoms with Gasteiger partial charge in [0.25, 0.3) is 5.91 Å². The zero-order chi connectivity index (χ0) is 16.2. The summed E-state index contributed by atoms with van der Waals surface area (Å²) in [5, 5.41) is 3.59. The maximum Gasteiger partial charge on any atom is 0.273 e. The molecule has 0 radical (unpaired) electrons. The fourth-order valence-corrected chi connectivity index (χ4v) is 3.61. The Morgan fingerprint density at radius 3 is 2.96 bits per heavy atom. The molecule has 1 unspecified atom stereocenters. The molecule has 1 fully saturated rings. The van der Waals surface area contributed by atoms with Gasteiger partial charge < -0.3 is 9.64 Å². The summed E-state index contributed by atoms with van der Waals surface area (Å²) in [7, 11) is 0. The quantitative estimate of drug-likeness (QED) is 0.838. The summed E-state index contributed by atoms with van der Waals surface area (Å²) >= 11 is 7.49. The smallest absolute Gasteiger partial charge is 0.273 e. The van der Waals surface area contributed by atoms with E-state index in [1.807, 2.05) is 34.5 Å². The van der Waals surface area contributed by atoms with E-state index >= 15 is 0 Å². The van der Waals surface area contributed by atoms with Gasteiger partial charge >= 0.3 is 0 Å².